The molecule has 1 unspecified atom stereocenters. The van der Waals surface area contributed by atoms with Crippen LogP contribution in [0.15, 0.2) is 47.6 Å². The van der Waals surface area contributed by atoms with E-state index in [2.05, 4.69) is 15.0 Å². The van der Waals surface area contributed by atoms with Crippen molar-refractivity contribution in [1.82, 2.24) is 15.0 Å². The quantitative estimate of drug-likeness (QED) is 0.717. The van der Waals surface area contributed by atoms with E-state index in [0.717, 1.165) is 27.3 Å². The predicted octanol–water partition coefficient (Wildman–Crippen LogP) is 2.36. The van der Waals surface area contributed by atoms with E-state index in [1.54, 1.807) is 18.6 Å². The molecule has 18 heavy (non-hydrogen) atoms. The summed E-state index contributed by atoms with van der Waals surface area (Å²) in [5, 5.41) is 0. The molecule has 1 N–H and O–H groups in total. The number of pyridine rings is 1. The fourth-order valence-electron chi connectivity index (χ4n) is 1.90. The maximum absolute atomic E-state index is 11.7. The number of hydrogen-bond acceptors (Lipinski definition) is 3. The summed E-state index contributed by atoms with van der Waals surface area (Å²) in [6.45, 7) is 0. The summed E-state index contributed by atoms with van der Waals surface area (Å²) in [5.41, 5.74) is 2.61. The van der Waals surface area contributed by atoms with Crippen LogP contribution in [0, 0.1) is 0 Å². The monoisotopic (exact) mass is 257 g/mol. The van der Waals surface area contributed by atoms with Gasteiger partial charge in [0, 0.05) is 6.20 Å². The molecule has 0 amide bonds. The normalized spacial score (nSPS) is 12.8. The van der Waals surface area contributed by atoms with Gasteiger partial charge in [0.15, 0.2) is 4.90 Å². The lowest BCUT2D eigenvalue weighted by atomic mass is 10.2. The molecule has 1 aromatic carbocycles. The van der Waals surface area contributed by atoms with Crippen LogP contribution in [0.1, 0.15) is 0 Å². The van der Waals surface area contributed by atoms with Gasteiger partial charge in [-0.1, -0.05) is 12.1 Å². The lowest BCUT2D eigenvalue weighted by molar-refractivity contribution is 0.601. The van der Waals surface area contributed by atoms with Crippen molar-refractivity contribution in [2.45, 2.75) is 4.90 Å². The van der Waals surface area contributed by atoms with Gasteiger partial charge in [-0.3, -0.25) is 4.98 Å². The molecule has 2 heterocycles. The van der Waals surface area contributed by atoms with Crippen LogP contribution >= 0.6 is 0 Å². The van der Waals surface area contributed by atoms with Crippen molar-refractivity contribution >= 4 is 22.2 Å². The Hall–Kier alpha value is -1.85. The van der Waals surface area contributed by atoms with Crippen LogP contribution in [0.5, 0.6) is 0 Å². The molecule has 0 saturated heterocycles. The van der Waals surface area contributed by atoms with Gasteiger partial charge in [0.1, 0.15) is 17.6 Å². The number of nitrogens with one attached hydrogen (secondary N) is 1. The summed E-state index contributed by atoms with van der Waals surface area (Å²) < 4.78 is 11.7. The number of H-pyrrole nitrogens is 1. The molecule has 3 aromatic rings. The zero-order chi connectivity index (χ0) is 12.5. The van der Waals surface area contributed by atoms with Crippen molar-refractivity contribution in [2.24, 2.45) is 0 Å². The molecule has 0 fully saturated rings. The number of imidazole rings is 1. The van der Waals surface area contributed by atoms with Crippen molar-refractivity contribution in [3.05, 3.63) is 42.7 Å². The van der Waals surface area contributed by atoms with Crippen molar-refractivity contribution < 1.29 is 4.55 Å². The van der Waals surface area contributed by atoms with Crippen molar-refractivity contribution in [2.75, 3.05) is 6.26 Å². The third-order valence-corrected chi connectivity index (χ3v) is 3.71. The minimum absolute atomic E-state index is 0.726. The number of aromatic nitrogens is 3. The highest BCUT2D eigenvalue weighted by atomic mass is 32.2. The van der Waals surface area contributed by atoms with Crippen LogP contribution in [0.3, 0.4) is 0 Å². The first kappa shape index (κ1) is 11.3. The molecule has 90 valence electrons. The van der Waals surface area contributed by atoms with Crippen LogP contribution in [0.4, 0.5) is 0 Å². The van der Waals surface area contributed by atoms with Crippen molar-refractivity contribution in [1.29, 1.82) is 0 Å². The Labute approximate surface area is 107 Å². The van der Waals surface area contributed by atoms with Crippen LogP contribution < -0.4 is 0 Å². The first-order valence-corrected chi connectivity index (χ1v) is 7.04. The van der Waals surface area contributed by atoms with E-state index < -0.39 is 11.2 Å². The minimum Gasteiger partial charge on any atom is -0.612 e. The molecule has 5 heteroatoms. The molecule has 4 nitrogen and oxygen atoms in total. The Morgan fingerprint density at radius 2 is 2.06 bits per heavy atom. The van der Waals surface area contributed by atoms with Crippen LogP contribution in [-0.4, -0.2) is 25.8 Å². The number of nitrogens with zero attached hydrogens (tertiary/aromatic N) is 2. The minimum atomic E-state index is -1.04. The standard InChI is InChI=1S/C13H11N3OS/c1-18(17)12-5-3-2-4-9(12)13-15-10-6-7-14-8-11(10)16-13/h2-8H,1H3,(H,15,16). The number of hydrogen-bond donors (Lipinski definition) is 1. The Bertz CT molecular complexity index is 660. The molecule has 1 atom stereocenters. The maximum Gasteiger partial charge on any atom is 0.163 e. The summed E-state index contributed by atoms with van der Waals surface area (Å²) in [4.78, 5) is 12.5. The van der Waals surface area contributed by atoms with Gasteiger partial charge in [-0.05, 0) is 29.4 Å². The fraction of sp³-hybridized carbons (Fsp3) is 0.0769. The second-order valence-electron chi connectivity index (χ2n) is 3.93. The molecule has 0 radical (unpaired) electrons. The first-order valence-electron chi connectivity index (χ1n) is 5.48. The summed E-state index contributed by atoms with van der Waals surface area (Å²) in [6.07, 6.45) is 5.10. The number of fused-ring (bicyclic) bond motifs is 1. The number of rotatable bonds is 2. The van der Waals surface area contributed by atoms with Gasteiger partial charge >= 0.3 is 0 Å². The smallest absolute Gasteiger partial charge is 0.163 e. The van der Waals surface area contributed by atoms with Gasteiger partial charge in [0.25, 0.3) is 0 Å². The highest BCUT2D eigenvalue weighted by Gasteiger charge is 2.15. The zero-order valence-electron chi connectivity index (χ0n) is 9.75. The van der Waals surface area contributed by atoms with E-state index in [1.807, 2.05) is 30.3 Å². The lowest BCUT2D eigenvalue weighted by Gasteiger charge is -2.07. The summed E-state index contributed by atoms with van der Waals surface area (Å²) in [6, 6.07) is 9.44. The van der Waals surface area contributed by atoms with Gasteiger partial charge in [-0.25, -0.2) is 4.98 Å². The van der Waals surface area contributed by atoms with Crippen LogP contribution in [-0.2, 0) is 11.2 Å². The van der Waals surface area contributed by atoms with Gasteiger partial charge in [0.05, 0.1) is 17.3 Å². The Morgan fingerprint density at radius 3 is 2.83 bits per heavy atom. The number of aromatic amines is 1. The van der Waals surface area contributed by atoms with E-state index in [0.29, 0.717) is 0 Å². The SMILES string of the molecule is C[S+]([O-])c1ccccc1-c1nc2cnccc2[nH]1. The van der Waals surface area contributed by atoms with Crippen molar-refractivity contribution in [3.8, 4) is 11.4 Å². The topological polar surface area (TPSA) is 64.6 Å². The third kappa shape index (κ3) is 1.87. The average Bonchev–Trinajstić information content (AvgIpc) is 2.82. The summed E-state index contributed by atoms with van der Waals surface area (Å²) >= 11 is -1.04. The predicted molar refractivity (Wildman–Crippen MR) is 71.7 cm³/mol. The third-order valence-electron chi connectivity index (χ3n) is 2.74. The lowest BCUT2D eigenvalue weighted by Crippen LogP contribution is -2.00. The van der Waals surface area contributed by atoms with E-state index in [4.69, 9.17) is 0 Å². The fourth-order valence-corrected chi connectivity index (χ4v) is 2.64. The second-order valence-corrected chi connectivity index (χ2v) is 5.28. The molecule has 0 aliphatic rings. The van der Waals surface area contributed by atoms with Gasteiger partial charge in [0.2, 0.25) is 0 Å². The Kier molecular flexibility index (Phi) is 2.77. The van der Waals surface area contributed by atoms with Gasteiger partial charge in [-0.2, -0.15) is 0 Å². The molecule has 0 saturated carbocycles. The maximum atomic E-state index is 11.7. The van der Waals surface area contributed by atoms with Gasteiger partial charge in [-0.15, -0.1) is 0 Å². The van der Waals surface area contributed by atoms with E-state index >= 15 is 0 Å². The van der Waals surface area contributed by atoms with E-state index in [1.165, 1.54) is 0 Å². The second kappa shape index (κ2) is 4.44. The Morgan fingerprint density at radius 1 is 1.22 bits per heavy atom. The molecular formula is C13H11N3OS. The molecule has 0 spiro atoms. The zero-order valence-corrected chi connectivity index (χ0v) is 10.6. The molecule has 0 bridgehead atoms. The number of benzene rings is 1. The molecule has 0 aliphatic heterocycles. The average molecular weight is 257 g/mol. The molecule has 0 aliphatic carbocycles. The summed E-state index contributed by atoms with van der Waals surface area (Å²) in [7, 11) is 0. The highest BCUT2D eigenvalue weighted by molar-refractivity contribution is 7.90. The highest BCUT2D eigenvalue weighted by Crippen LogP contribution is 2.26. The first-order chi connectivity index (χ1) is 8.75. The largest absolute Gasteiger partial charge is 0.612 e. The van der Waals surface area contributed by atoms with Gasteiger partial charge < -0.3 is 9.54 Å². The Balaban J connectivity index is 2.20. The van der Waals surface area contributed by atoms with Crippen molar-refractivity contribution in [3.63, 3.8) is 0 Å². The molecular weight excluding hydrogens is 246 g/mol. The van der Waals surface area contributed by atoms with E-state index in [9.17, 15) is 4.55 Å². The molecule has 3 rings (SSSR count). The summed E-state index contributed by atoms with van der Waals surface area (Å²) in [5.74, 6) is 0.726. The van der Waals surface area contributed by atoms with Crippen LogP contribution in [0.25, 0.3) is 22.4 Å². The van der Waals surface area contributed by atoms with Crippen LogP contribution in [0.2, 0.25) is 0 Å². The molecule has 2 aromatic heterocycles. The van der Waals surface area contributed by atoms with E-state index in [-0.39, 0.29) is 0 Å².